The highest BCUT2D eigenvalue weighted by molar-refractivity contribution is 5.97. The number of fused-ring (bicyclic) bond motifs is 1. The first-order chi connectivity index (χ1) is 12.1. The Hall–Kier alpha value is -2.08. The van der Waals surface area contributed by atoms with Gasteiger partial charge >= 0.3 is 5.97 Å². The first-order valence-electron chi connectivity index (χ1n) is 8.89. The summed E-state index contributed by atoms with van der Waals surface area (Å²) in [5.41, 5.74) is 0.511. The number of hydrogen-bond donors (Lipinski definition) is 1. The number of carbonyl (C=O) groups is 2. The van der Waals surface area contributed by atoms with Crippen LogP contribution in [0.5, 0.6) is 5.75 Å². The summed E-state index contributed by atoms with van der Waals surface area (Å²) >= 11 is 0. The Bertz CT molecular complexity index is 615. The third-order valence-corrected chi connectivity index (χ3v) is 5.27. The molecule has 3 atom stereocenters. The number of carbonyl (C=O) groups excluding carboxylic acids is 1. The van der Waals surface area contributed by atoms with Crippen molar-refractivity contribution in [3.8, 4) is 5.75 Å². The molecule has 25 heavy (non-hydrogen) atoms. The molecular weight excluding hydrogens is 322 g/mol. The molecule has 1 aromatic rings. The molecule has 1 aliphatic carbocycles. The Morgan fingerprint density at radius 3 is 2.56 bits per heavy atom. The molecule has 1 saturated carbocycles. The summed E-state index contributed by atoms with van der Waals surface area (Å²) < 4.78 is 10.4. The van der Waals surface area contributed by atoms with E-state index in [1.165, 1.54) is 0 Å². The van der Waals surface area contributed by atoms with Crippen LogP contribution in [-0.4, -0.2) is 54.3 Å². The number of carboxylic acid groups (broad SMARTS) is 1. The molecule has 1 heterocycles. The Balaban J connectivity index is 1.74. The Kier molecular flexibility index (Phi) is 5.58. The molecule has 2 fully saturated rings. The van der Waals surface area contributed by atoms with Crippen LogP contribution in [0.2, 0.25) is 0 Å². The predicted octanol–water partition coefficient (Wildman–Crippen LogP) is 2.57. The van der Waals surface area contributed by atoms with Crippen LogP contribution in [0.3, 0.4) is 0 Å². The fraction of sp³-hybridized carbons (Fsp3) is 0.579. The molecule has 0 radical (unpaired) electrons. The maximum absolute atomic E-state index is 13.0. The molecule has 1 aliphatic heterocycles. The summed E-state index contributed by atoms with van der Waals surface area (Å²) in [6.07, 6.45) is 4.68. The van der Waals surface area contributed by atoms with Gasteiger partial charge in [0.25, 0.3) is 5.91 Å². The zero-order chi connectivity index (χ0) is 17.8. The monoisotopic (exact) mass is 347 g/mol. The van der Waals surface area contributed by atoms with Crippen molar-refractivity contribution in [3.05, 3.63) is 29.8 Å². The largest absolute Gasteiger partial charge is 0.491 e. The summed E-state index contributed by atoms with van der Waals surface area (Å²) in [4.78, 5) is 26.3. The summed E-state index contributed by atoms with van der Waals surface area (Å²) in [6.45, 7) is 0.943. The fourth-order valence-corrected chi connectivity index (χ4v) is 4.06. The zero-order valence-corrected chi connectivity index (χ0v) is 14.5. The second kappa shape index (κ2) is 7.87. The van der Waals surface area contributed by atoms with Crippen molar-refractivity contribution in [2.45, 2.75) is 44.2 Å². The number of aliphatic carboxylic acids is 1. The van der Waals surface area contributed by atoms with Crippen LogP contribution in [0.1, 0.15) is 42.5 Å². The van der Waals surface area contributed by atoms with Crippen LogP contribution in [-0.2, 0) is 9.53 Å². The third-order valence-electron chi connectivity index (χ3n) is 5.27. The molecule has 1 saturated heterocycles. The summed E-state index contributed by atoms with van der Waals surface area (Å²) in [6, 6.07) is 6.25. The number of likely N-dealkylation sites (tertiary alicyclic amines) is 1. The Labute approximate surface area is 147 Å². The van der Waals surface area contributed by atoms with E-state index in [1.54, 1.807) is 36.3 Å². The van der Waals surface area contributed by atoms with E-state index in [-0.39, 0.29) is 11.9 Å². The first kappa shape index (κ1) is 17.7. The number of methoxy groups -OCH3 is 1. The minimum atomic E-state index is -0.901. The second-order valence-corrected chi connectivity index (χ2v) is 6.78. The van der Waals surface area contributed by atoms with Crippen molar-refractivity contribution in [1.82, 2.24) is 4.90 Å². The van der Waals surface area contributed by atoms with Gasteiger partial charge in [-0.2, -0.15) is 0 Å². The normalized spacial score (nSPS) is 25.5. The van der Waals surface area contributed by atoms with E-state index in [0.717, 1.165) is 25.7 Å². The average Bonchev–Trinajstić information content (AvgIpc) is 3.02. The molecule has 0 unspecified atom stereocenters. The molecule has 6 heteroatoms. The van der Waals surface area contributed by atoms with Crippen LogP contribution in [0, 0.1) is 5.92 Å². The average molecular weight is 347 g/mol. The molecule has 136 valence electrons. The smallest absolute Gasteiger partial charge is 0.326 e. The standard InChI is InChI=1S/C19H25NO5/c1-24-10-11-25-15-8-6-13(7-9-15)18(21)20-16-5-3-2-4-14(16)12-17(20)19(22)23/h6-9,14,16-17H,2-5,10-12H2,1H3,(H,22,23)/t14-,16-,17+/m1/s1. The summed E-state index contributed by atoms with van der Waals surface area (Å²) in [7, 11) is 1.61. The number of hydrogen-bond acceptors (Lipinski definition) is 4. The van der Waals surface area contributed by atoms with Gasteiger partial charge in [0.2, 0.25) is 0 Å². The van der Waals surface area contributed by atoms with E-state index in [2.05, 4.69) is 0 Å². The van der Waals surface area contributed by atoms with E-state index in [0.29, 0.717) is 36.9 Å². The predicted molar refractivity (Wildman–Crippen MR) is 91.8 cm³/mol. The highest BCUT2D eigenvalue weighted by Crippen LogP contribution is 2.40. The lowest BCUT2D eigenvalue weighted by atomic mass is 9.84. The minimum Gasteiger partial charge on any atom is -0.491 e. The lowest BCUT2D eigenvalue weighted by molar-refractivity contribution is -0.141. The number of ether oxygens (including phenoxy) is 2. The molecule has 6 nitrogen and oxygen atoms in total. The lowest BCUT2D eigenvalue weighted by Crippen LogP contribution is -2.46. The second-order valence-electron chi connectivity index (χ2n) is 6.78. The molecule has 1 aromatic carbocycles. The lowest BCUT2D eigenvalue weighted by Gasteiger charge is -2.33. The van der Waals surface area contributed by atoms with Gasteiger partial charge in [0.15, 0.2) is 0 Å². The van der Waals surface area contributed by atoms with Gasteiger partial charge in [-0.15, -0.1) is 0 Å². The van der Waals surface area contributed by atoms with Gasteiger partial charge in [0, 0.05) is 18.7 Å². The summed E-state index contributed by atoms with van der Waals surface area (Å²) in [5, 5.41) is 9.57. The Morgan fingerprint density at radius 1 is 1.16 bits per heavy atom. The first-order valence-corrected chi connectivity index (χ1v) is 8.89. The van der Waals surface area contributed by atoms with Crippen LogP contribution < -0.4 is 4.74 Å². The molecule has 0 bridgehead atoms. The topological polar surface area (TPSA) is 76.1 Å². The van der Waals surface area contributed by atoms with E-state index in [4.69, 9.17) is 9.47 Å². The van der Waals surface area contributed by atoms with Crippen LogP contribution in [0.15, 0.2) is 24.3 Å². The minimum absolute atomic E-state index is 0.0555. The van der Waals surface area contributed by atoms with Crippen LogP contribution >= 0.6 is 0 Å². The Morgan fingerprint density at radius 2 is 1.88 bits per heavy atom. The molecule has 1 amide bonds. The van der Waals surface area contributed by atoms with E-state index in [1.807, 2.05) is 0 Å². The van der Waals surface area contributed by atoms with E-state index < -0.39 is 12.0 Å². The van der Waals surface area contributed by atoms with Gasteiger partial charge in [-0.1, -0.05) is 12.8 Å². The van der Waals surface area contributed by atoms with Gasteiger partial charge in [-0.25, -0.2) is 4.79 Å². The van der Waals surface area contributed by atoms with Gasteiger partial charge < -0.3 is 19.5 Å². The van der Waals surface area contributed by atoms with Crippen molar-refractivity contribution >= 4 is 11.9 Å². The van der Waals surface area contributed by atoms with Gasteiger partial charge in [-0.05, 0) is 49.4 Å². The quantitative estimate of drug-likeness (QED) is 0.801. The highest BCUT2D eigenvalue weighted by atomic mass is 16.5. The maximum atomic E-state index is 13.0. The van der Waals surface area contributed by atoms with Crippen molar-refractivity contribution in [2.75, 3.05) is 20.3 Å². The highest BCUT2D eigenvalue weighted by Gasteiger charge is 2.47. The number of rotatable bonds is 6. The van der Waals surface area contributed by atoms with Crippen LogP contribution in [0.25, 0.3) is 0 Å². The molecular formula is C19H25NO5. The van der Waals surface area contributed by atoms with Gasteiger partial charge in [0.1, 0.15) is 18.4 Å². The van der Waals surface area contributed by atoms with Gasteiger partial charge in [-0.3, -0.25) is 4.79 Å². The molecule has 3 rings (SSSR count). The van der Waals surface area contributed by atoms with Crippen molar-refractivity contribution in [3.63, 3.8) is 0 Å². The number of amides is 1. The van der Waals surface area contributed by atoms with Crippen molar-refractivity contribution in [1.29, 1.82) is 0 Å². The SMILES string of the molecule is COCCOc1ccc(C(=O)N2[C@@H]3CCCC[C@@H]3C[C@H]2C(=O)O)cc1. The number of nitrogens with zero attached hydrogens (tertiary/aromatic N) is 1. The summed E-state index contributed by atoms with van der Waals surface area (Å²) in [5.74, 6) is -0.108. The third kappa shape index (κ3) is 3.79. The van der Waals surface area contributed by atoms with E-state index in [9.17, 15) is 14.7 Å². The maximum Gasteiger partial charge on any atom is 0.326 e. The molecule has 0 spiro atoms. The molecule has 1 N–H and O–H groups in total. The molecule has 0 aromatic heterocycles. The van der Waals surface area contributed by atoms with E-state index >= 15 is 0 Å². The number of carboxylic acids is 1. The number of benzene rings is 1. The van der Waals surface area contributed by atoms with Crippen molar-refractivity contribution in [2.24, 2.45) is 5.92 Å². The van der Waals surface area contributed by atoms with Crippen LogP contribution in [0.4, 0.5) is 0 Å². The van der Waals surface area contributed by atoms with Gasteiger partial charge in [0.05, 0.1) is 6.61 Å². The molecule has 2 aliphatic rings. The zero-order valence-electron chi connectivity index (χ0n) is 14.5. The fourth-order valence-electron chi connectivity index (χ4n) is 4.06. The van der Waals surface area contributed by atoms with Crippen molar-refractivity contribution < 1.29 is 24.2 Å².